The van der Waals surface area contributed by atoms with Crippen LogP contribution in [-0.4, -0.2) is 44.2 Å². The summed E-state index contributed by atoms with van der Waals surface area (Å²) in [7, 11) is 1.60. The molecule has 7 nitrogen and oxygen atoms in total. The van der Waals surface area contributed by atoms with E-state index < -0.39 is 10.3 Å². The highest BCUT2D eigenvalue weighted by Crippen LogP contribution is 2.26. The fourth-order valence-electron chi connectivity index (χ4n) is 2.69. The average Bonchev–Trinajstić information content (AvgIpc) is 2.98. The summed E-state index contributed by atoms with van der Waals surface area (Å²) in [5, 5.41) is 16.7. The van der Waals surface area contributed by atoms with Gasteiger partial charge in [-0.15, -0.1) is 0 Å². The Morgan fingerprint density at radius 1 is 1.45 bits per heavy atom. The van der Waals surface area contributed by atoms with Crippen molar-refractivity contribution in [3.05, 3.63) is 39.9 Å². The molecule has 1 unspecified atom stereocenters. The number of hydrogen-bond acceptors (Lipinski definition) is 5. The first-order valence-corrected chi connectivity index (χ1v) is 7.29. The number of amides is 1. The molecule has 1 aromatic carbocycles. The lowest BCUT2D eigenvalue weighted by Crippen LogP contribution is -2.46. The summed E-state index contributed by atoms with van der Waals surface area (Å²) >= 11 is 0. The molecule has 2 N–H and O–H groups in total. The van der Waals surface area contributed by atoms with E-state index >= 15 is 0 Å². The number of nitro benzene ring substituents is 1. The number of rotatable bonds is 7. The van der Waals surface area contributed by atoms with Gasteiger partial charge in [0, 0.05) is 32.3 Å². The minimum atomic E-state index is -0.482. The van der Waals surface area contributed by atoms with Gasteiger partial charge in [0.25, 0.3) is 5.69 Å². The van der Waals surface area contributed by atoms with Gasteiger partial charge in [0.2, 0.25) is 5.91 Å². The van der Waals surface area contributed by atoms with E-state index in [2.05, 4.69) is 10.6 Å². The number of non-ortho nitro benzene ring substituents is 1. The van der Waals surface area contributed by atoms with Crippen molar-refractivity contribution in [2.24, 2.45) is 5.41 Å². The quantitative estimate of drug-likeness (QED) is 0.576. The maximum Gasteiger partial charge on any atom is 0.269 e. The van der Waals surface area contributed by atoms with Crippen molar-refractivity contribution < 1.29 is 14.5 Å². The molecule has 1 heterocycles. The van der Waals surface area contributed by atoms with Crippen molar-refractivity contribution >= 4 is 11.6 Å². The lowest BCUT2D eigenvalue weighted by molar-refractivity contribution is -0.384. The number of nitrogens with one attached hydrogen (secondary N) is 2. The standard InChI is InChI=1S/C15H21N3O4/c1-22-11-15(7-9-16-10-15)14(19)17-8-6-12-2-4-13(5-3-12)18(20)21/h2-5,16H,6-11H2,1H3,(H,17,19). The molecule has 1 fully saturated rings. The van der Waals surface area contributed by atoms with Gasteiger partial charge in [-0.3, -0.25) is 14.9 Å². The molecule has 1 aromatic rings. The zero-order chi connectivity index (χ0) is 16.0. The monoisotopic (exact) mass is 307 g/mol. The van der Waals surface area contributed by atoms with Crippen LogP contribution in [0, 0.1) is 15.5 Å². The van der Waals surface area contributed by atoms with Gasteiger partial charge in [-0.1, -0.05) is 12.1 Å². The topological polar surface area (TPSA) is 93.5 Å². The third-order valence-electron chi connectivity index (χ3n) is 3.99. The van der Waals surface area contributed by atoms with E-state index in [1.165, 1.54) is 12.1 Å². The van der Waals surface area contributed by atoms with Crippen molar-refractivity contribution in [3.8, 4) is 0 Å². The highest BCUT2D eigenvalue weighted by Gasteiger charge is 2.41. The van der Waals surface area contributed by atoms with Gasteiger partial charge in [-0.25, -0.2) is 0 Å². The van der Waals surface area contributed by atoms with Gasteiger partial charge >= 0.3 is 0 Å². The minimum absolute atomic E-state index is 0.00117. The first-order chi connectivity index (χ1) is 10.6. The van der Waals surface area contributed by atoms with E-state index in [1.54, 1.807) is 19.2 Å². The number of hydrogen-bond donors (Lipinski definition) is 2. The predicted octanol–water partition coefficient (Wildman–Crippen LogP) is 0.880. The van der Waals surface area contributed by atoms with Crippen molar-refractivity contribution in [2.45, 2.75) is 12.8 Å². The Morgan fingerprint density at radius 3 is 2.73 bits per heavy atom. The second-order valence-electron chi connectivity index (χ2n) is 5.57. The molecule has 2 rings (SSSR count). The summed E-state index contributed by atoms with van der Waals surface area (Å²) in [6.45, 7) is 2.36. The van der Waals surface area contributed by atoms with Crippen LogP contribution in [0.5, 0.6) is 0 Å². The Hall–Kier alpha value is -1.99. The van der Waals surface area contributed by atoms with Gasteiger partial charge < -0.3 is 15.4 Å². The highest BCUT2D eigenvalue weighted by molar-refractivity contribution is 5.83. The molecule has 0 saturated carbocycles. The van der Waals surface area contributed by atoms with E-state index in [-0.39, 0.29) is 11.6 Å². The third-order valence-corrected chi connectivity index (χ3v) is 3.99. The second-order valence-corrected chi connectivity index (χ2v) is 5.57. The molecule has 1 saturated heterocycles. The van der Waals surface area contributed by atoms with E-state index in [0.29, 0.717) is 26.1 Å². The number of nitrogens with zero attached hydrogens (tertiary/aromatic N) is 1. The maximum atomic E-state index is 12.4. The SMILES string of the molecule is COCC1(C(=O)NCCc2ccc([N+](=O)[O-])cc2)CCNC1. The Balaban J connectivity index is 1.84. The van der Waals surface area contributed by atoms with E-state index in [4.69, 9.17) is 4.74 Å². The Kier molecular flexibility index (Phi) is 5.46. The normalized spacial score (nSPS) is 20.8. The number of ether oxygens (including phenoxy) is 1. The molecule has 0 aromatic heterocycles. The smallest absolute Gasteiger partial charge is 0.269 e. The van der Waals surface area contributed by atoms with E-state index in [1.807, 2.05) is 0 Å². The van der Waals surface area contributed by atoms with Crippen molar-refractivity contribution in [2.75, 3.05) is 33.4 Å². The summed E-state index contributed by atoms with van der Waals surface area (Å²) in [5.41, 5.74) is 0.546. The fraction of sp³-hybridized carbons (Fsp3) is 0.533. The van der Waals surface area contributed by atoms with Gasteiger partial charge in [0.05, 0.1) is 16.9 Å². The van der Waals surface area contributed by atoms with Crippen LogP contribution < -0.4 is 10.6 Å². The lowest BCUT2D eigenvalue weighted by Gasteiger charge is -2.25. The van der Waals surface area contributed by atoms with Gasteiger partial charge in [-0.2, -0.15) is 0 Å². The summed E-state index contributed by atoms with van der Waals surface area (Å²) in [4.78, 5) is 22.5. The summed E-state index contributed by atoms with van der Waals surface area (Å²) in [6, 6.07) is 6.38. The van der Waals surface area contributed by atoms with Gasteiger partial charge in [-0.05, 0) is 24.9 Å². The molecular weight excluding hydrogens is 286 g/mol. The van der Waals surface area contributed by atoms with Crippen LogP contribution in [0.4, 0.5) is 5.69 Å². The van der Waals surface area contributed by atoms with Crippen molar-refractivity contribution in [3.63, 3.8) is 0 Å². The fourth-order valence-corrected chi connectivity index (χ4v) is 2.69. The molecule has 0 spiro atoms. The Labute approximate surface area is 129 Å². The molecule has 1 aliphatic heterocycles. The molecule has 1 aliphatic rings. The molecular formula is C15H21N3O4. The molecule has 0 radical (unpaired) electrons. The first kappa shape index (κ1) is 16.4. The van der Waals surface area contributed by atoms with Crippen LogP contribution in [0.1, 0.15) is 12.0 Å². The Bertz CT molecular complexity index is 524. The lowest BCUT2D eigenvalue weighted by atomic mass is 9.87. The number of carbonyl (C=O) groups is 1. The van der Waals surface area contributed by atoms with Gasteiger partial charge in [0.1, 0.15) is 0 Å². The molecule has 1 atom stereocenters. The zero-order valence-electron chi connectivity index (χ0n) is 12.6. The van der Waals surface area contributed by atoms with Crippen molar-refractivity contribution in [1.82, 2.24) is 10.6 Å². The maximum absolute atomic E-state index is 12.4. The minimum Gasteiger partial charge on any atom is -0.384 e. The Morgan fingerprint density at radius 2 is 2.18 bits per heavy atom. The third kappa shape index (κ3) is 3.80. The van der Waals surface area contributed by atoms with Crippen LogP contribution in [0.3, 0.4) is 0 Å². The zero-order valence-corrected chi connectivity index (χ0v) is 12.6. The summed E-state index contributed by atoms with van der Waals surface area (Å²) < 4.78 is 5.19. The number of methoxy groups -OCH3 is 1. The van der Waals surface area contributed by atoms with Crippen LogP contribution in [-0.2, 0) is 16.0 Å². The van der Waals surface area contributed by atoms with Crippen LogP contribution in [0.15, 0.2) is 24.3 Å². The summed E-state index contributed by atoms with van der Waals surface area (Å²) in [6.07, 6.45) is 1.41. The molecule has 0 bridgehead atoms. The molecule has 120 valence electrons. The number of benzene rings is 1. The van der Waals surface area contributed by atoms with Crippen LogP contribution >= 0.6 is 0 Å². The van der Waals surface area contributed by atoms with E-state index in [0.717, 1.165) is 18.5 Å². The molecule has 7 heteroatoms. The molecule has 22 heavy (non-hydrogen) atoms. The van der Waals surface area contributed by atoms with E-state index in [9.17, 15) is 14.9 Å². The summed E-state index contributed by atoms with van der Waals surface area (Å²) in [5.74, 6) is 0.00117. The predicted molar refractivity (Wildman–Crippen MR) is 81.6 cm³/mol. The van der Waals surface area contributed by atoms with Crippen molar-refractivity contribution in [1.29, 1.82) is 0 Å². The average molecular weight is 307 g/mol. The van der Waals surface area contributed by atoms with Crippen LogP contribution in [0.2, 0.25) is 0 Å². The first-order valence-electron chi connectivity index (χ1n) is 7.29. The number of nitro groups is 1. The largest absolute Gasteiger partial charge is 0.384 e. The second kappa shape index (κ2) is 7.33. The molecule has 0 aliphatic carbocycles. The highest BCUT2D eigenvalue weighted by atomic mass is 16.6. The molecule has 1 amide bonds. The number of carbonyl (C=O) groups excluding carboxylic acids is 1. The van der Waals surface area contributed by atoms with Gasteiger partial charge in [0.15, 0.2) is 0 Å². The van der Waals surface area contributed by atoms with Crippen LogP contribution in [0.25, 0.3) is 0 Å².